The lowest BCUT2D eigenvalue weighted by molar-refractivity contribution is 0.102. The standard InChI is InChI=1S/C23H25N3O2/c1-17(2)28-22-11-9-20(10-12-22)25-23(27)19-13-21(15-24-14-19)26(3)16-18-7-5-4-6-8-18/h4-15,17H,16H2,1-3H3,(H,25,27). The van der Waals surface area contributed by atoms with Gasteiger partial charge in [0.1, 0.15) is 5.75 Å². The van der Waals surface area contributed by atoms with Crippen LogP contribution >= 0.6 is 0 Å². The van der Waals surface area contributed by atoms with Crippen LogP contribution in [0.5, 0.6) is 5.75 Å². The molecule has 3 rings (SSSR count). The summed E-state index contributed by atoms with van der Waals surface area (Å²) in [7, 11) is 1.99. The van der Waals surface area contributed by atoms with Gasteiger partial charge in [0.05, 0.1) is 23.6 Å². The van der Waals surface area contributed by atoms with Crippen LogP contribution in [0.2, 0.25) is 0 Å². The summed E-state index contributed by atoms with van der Waals surface area (Å²) < 4.78 is 5.62. The summed E-state index contributed by atoms with van der Waals surface area (Å²) in [5, 5.41) is 2.90. The van der Waals surface area contributed by atoms with E-state index in [4.69, 9.17) is 4.74 Å². The van der Waals surface area contributed by atoms with Crippen molar-refractivity contribution in [1.29, 1.82) is 0 Å². The number of benzene rings is 2. The van der Waals surface area contributed by atoms with Crippen LogP contribution in [0.25, 0.3) is 0 Å². The van der Waals surface area contributed by atoms with Crippen molar-refractivity contribution in [2.24, 2.45) is 0 Å². The van der Waals surface area contributed by atoms with Gasteiger partial charge in [-0.15, -0.1) is 0 Å². The number of ether oxygens (including phenoxy) is 1. The molecule has 0 unspecified atom stereocenters. The van der Waals surface area contributed by atoms with Gasteiger partial charge in [-0.25, -0.2) is 0 Å². The first-order valence-corrected chi connectivity index (χ1v) is 9.29. The minimum atomic E-state index is -0.194. The number of nitrogens with zero attached hydrogens (tertiary/aromatic N) is 2. The van der Waals surface area contributed by atoms with Crippen molar-refractivity contribution < 1.29 is 9.53 Å². The number of amides is 1. The van der Waals surface area contributed by atoms with Crippen molar-refractivity contribution in [2.45, 2.75) is 26.5 Å². The zero-order valence-corrected chi connectivity index (χ0v) is 16.4. The fraction of sp³-hybridized carbons (Fsp3) is 0.217. The van der Waals surface area contributed by atoms with Gasteiger partial charge in [0.15, 0.2) is 0 Å². The van der Waals surface area contributed by atoms with E-state index < -0.39 is 0 Å². The molecule has 0 aliphatic rings. The first-order valence-electron chi connectivity index (χ1n) is 9.29. The molecule has 2 aromatic carbocycles. The second-order valence-corrected chi connectivity index (χ2v) is 6.92. The minimum Gasteiger partial charge on any atom is -0.491 e. The van der Waals surface area contributed by atoms with Gasteiger partial charge in [-0.05, 0) is 49.7 Å². The van der Waals surface area contributed by atoms with Crippen LogP contribution in [0.15, 0.2) is 73.1 Å². The van der Waals surface area contributed by atoms with Crippen LogP contribution in [-0.2, 0) is 6.54 Å². The van der Waals surface area contributed by atoms with Gasteiger partial charge in [0.2, 0.25) is 0 Å². The summed E-state index contributed by atoms with van der Waals surface area (Å²) >= 11 is 0. The number of anilines is 2. The van der Waals surface area contributed by atoms with E-state index in [1.54, 1.807) is 12.4 Å². The van der Waals surface area contributed by atoms with E-state index in [1.165, 1.54) is 5.56 Å². The van der Waals surface area contributed by atoms with E-state index in [9.17, 15) is 4.79 Å². The summed E-state index contributed by atoms with van der Waals surface area (Å²) in [4.78, 5) is 18.9. The van der Waals surface area contributed by atoms with Gasteiger partial charge in [-0.1, -0.05) is 30.3 Å². The lowest BCUT2D eigenvalue weighted by atomic mass is 10.2. The lowest BCUT2D eigenvalue weighted by Crippen LogP contribution is -2.18. The fourth-order valence-corrected chi connectivity index (χ4v) is 2.80. The molecule has 1 aromatic heterocycles. The maximum atomic E-state index is 12.6. The van der Waals surface area contributed by atoms with Crippen molar-refractivity contribution in [1.82, 2.24) is 4.98 Å². The lowest BCUT2D eigenvalue weighted by Gasteiger charge is -2.19. The summed E-state index contributed by atoms with van der Waals surface area (Å²) in [5.41, 5.74) is 3.31. The van der Waals surface area contributed by atoms with Gasteiger partial charge in [0, 0.05) is 25.5 Å². The van der Waals surface area contributed by atoms with Gasteiger partial charge >= 0.3 is 0 Å². The van der Waals surface area contributed by atoms with E-state index in [2.05, 4.69) is 27.3 Å². The van der Waals surface area contributed by atoms with E-state index >= 15 is 0 Å². The minimum absolute atomic E-state index is 0.113. The molecule has 0 saturated heterocycles. The molecule has 0 aliphatic heterocycles. The molecule has 0 saturated carbocycles. The van der Waals surface area contributed by atoms with Gasteiger partial charge in [-0.3, -0.25) is 9.78 Å². The number of hydrogen-bond donors (Lipinski definition) is 1. The Morgan fingerprint density at radius 1 is 1.07 bits per heavy atom. The number of aromatic nitrogens is 1. The Hall–Kier alpha value is -3.34. The average Bonchev–Trinajstić information content (AvgIpc) is 2.70. The maximum Gasteiger partial charge on any atom is 0.257 e. The molecule has 0 atom stereocenters. The normalized spacial score (nSPS) is 10.6. The maximum absolute atomic E-state index is 12.6. The zero-order chi connectivity index (χ0) is 19.9. The first kappa shape index (κ1) is 19.4. The van der Waals surface area contributed by atoms with Crippen molar-refractivity contribution in [3.05, 3.63) is 84.2 Å². The monoisotopic (exact) mass is 375 g/mol. The predicted octanol–water partition coefficient (Wildman–Crippen LogP) is 4.76. The van der Waals surface area contributed by atoms with Crippen LogP contribution in [0.3, 0.4) is 0 Å². The molecule has 0 spiro atoms. The highest BCUT2D eigenvalue weighted by Gasteiger charge is 2.10. The van der Waals surface area contributed by atoms with Gasteiger partial charge in [-0.2, -0.15) is 0 Å². The third kappa shape index (κ3) is 5.33. The van der Waals surface area contributed by atoms with Gasteiger partial charge < -0.3 is 15.0 Å². The van der Waals surface area contributed by atoms with E-state index in [0.29, 0.717) is 11.3 Å². The molecule has 1 heterocycles. The zero-order valence-electron chi connectivity index (χ0n) is 16.4. The Kier molecular flexibility index (Phi) is 6.27. The Bertz CT molecular complexity index is 909. The number of rotatable bonds is 7. The van der Waals surface area contributed by atoms with Gasteiger partial charge in [0.25, 0.3) is 5.91 Å². The third-order valence-electron chi connectivity index (χ3n) is 4.17. The topological polar surface area (TPSA) is 54.5 Å². The second kappa shape index (κ2) is 9.04. The molecular weight excluding hydrogens is 350 g/mol. The quantitative estimate of drug-likeness (QED) is 0.647. The fourth-order valence-electron chi connectivity index (χ4n) is 2.80. The van der Waals surface area contributed by atoms with Crippen molar-refractivity contribution in [3.8, 4) is 5.75 Å². The molecule has 0 radical (unpaired) electrons. The van der Waals surface area contributed by atoms with E-state index in [1.807, 2.05) is 69.4 Å². The second-order valence-electron chi connectivity index (χ2n) is 6.92. The number of carbonyl (C=O) groups is 1. The highest BCUT2D eigenvalue weighted by molar-refractivity contribution is 6.04. The van der Waals surface area contributed by atoms with Crippen LogP contribution in [-0.4, -0.2) is 24.0 Å². The molecule has 0 bridgehead atoms. The SMILES string of the molecule is CC(C)Oc1ccc(NC(=O)c2cncc(N(C)Cc3ccccc3)c2)cc1. The number of nitrogens with one attached hydrogen (secondary N) is 1. The van der Waals surface area contributed by atoms with Crippen LogP contribution in [0.4, 0.5) is 11.4 Å². The molecule has 3 aromatic rings. The highest BCUT2D eigenvalue weighted by atomic mass is 16.5. The number of carbonyl (C=O) groups excluding carboxylic acids is 1. The smallest absolute Gasteiger partial charge is 0.257 e. The molecule has 0 aliphatic carbocycles. The Balaban J connectivity index is 1.66. The Morgan fingerprint density at radius 2 is 1.79 bits per heavy atom. The summed E-state index contributed by atoms with van der Waals surface area (Å²) in [6, 6.07) is 19.4. The third-order valence-corrected chi connectivity index (χ3v) is 4.17. The van der Waals surface area contributed by atoms with E-state index in [-0.39, 0.29) is 12.0 Å². The Morgan fingerprint density at radius 3 is 2.46 bits per heavy atom. The number of hydrogen-bond acceptors (Lipinski definition) is 4. The predicted molar refractivity (Wildman–Crippen MR) is 113 cm³/mol. The molecule has 1 N–H and O–H groups in total. The molecule has 5 nitrogen and oxygen atoms in total. The first-order chi connectivity index (χ1) is 13.5. The summed E-state index contributed by atoms with van der Waals surface area (Å²) in [6.45, 7) is 4.69. The van der Waals surface area contributed by atoms with E-state index in [0.717, 1.165) is 18.0 Å². The molecule has 28 heavy (non-hydrogen) atoms. The molecule has 1 amide bonds. The number of pyridine rings is 1. The van der Waals surface area contributed by atoms with Crippen LogP contribution < -0.4 is 15.0 Å². The van der Waals surface area contributed by atoms with Crippen molar-refractivity contribution >= 4 is 17.3 Å². The van der Waals surface area contributed by atoms with Crippen LogP contribution in [0.1, 0.15) is 29.8 Å². The van der Waals surface area contributed by atoms with Crippen molar-refractivity contribution in [2.75, 3.05) is 17.3 Å². The average molecular weight is 375 g/mol. The molecule has 0 fully saturated rings. The summed E-state index contributed by atoms with van der Waals surface area (Å²) in [5.74, 6) is 0.583. The van der Waals surface area contributed by atoms with Crippen molar-refractivity contribution in [3.63, 3.8) is 0 Å². The van der Waals surface area contributed by atoms with Crippen LogP contribution in [0, 0.1) is 0 Å². The Labute approximate surface area is 166 Å². The summed E-state index contributed by atoms with van der Waals surface area (Å²) in [6.07, 6.45) is 3.45. The highest BCUT2D eigenvalue weighted by Crippen LogP contribution is 2.19. The molecule has 144 valence electrons. The largest absolute Gasteiger partial charge is 0.491 e. The molecule has 5 heteroatoms. The molecular formula is C23H25N3O2.